The Hall–Kier alpha value is -0.490. The first-order valence-electron chi connectivity index (χ1n) is 3.86. The number of nitrogens with two attached hydrogens (primary N) is 1. The van der Waals surface area contributed by atoms with Gasteiger partial charge >= 0.3 is 0 Å². The quantitative estimate of drug-likeness (QED) is 0.709. The van der Waals surface area contributed by atoms with Gasteiger partial charge in [-0.1, -0.05) is 0 Å². The minimum absolute atomic E-state index is 0.0219. The molecule has 1 fully saturated rings. The van der Waals surface area contributed by atoms with Gasteiger partial charge in [0.25, 0.3) is 0 Å². The lowest BCUT2D eigenvalue weighted by atomic mass is 10.2. The summed E-state index contributed by atoms with van der Waals surface area (Å²) in [5, 5.41) is 0. The van der Waals surface area contributed by atoms with Crippen LogP contribution >= 0.6 is 15.9 Å². The molecule has 0 aromatic heterocycles. The second-order valence-electron chi connectivity index (χ2n) is 3.04. The molecule has 0 radical (unpaired) electrons. The zero-order valence-corrected chi connectivity index (χ0v) is 8.46. The first-order valence-corrected chi connectivity index (χ1v) is 4.65. The van der Waals surface area contributed by atoms with E-state index in [9.17, 15) is 14.0 Å². The summed E-state index contributed by atoms with van der Waals surface area (Å²) in [5.74, 6) is -0.575. The predicted molar refractivity (Wildman–Crippen MR) is 48.0 cm³/mol. The molecule has 0 unspecified atom stereocenters. The van der Waals surface area contributed by atoms with E-state index in [1.807, 2.05) is 0 Å². The minimum Gasteiger partial charge on any atom is -0.368 e. The summed E-state index contributed by atoms with van der Waals surface area (Å²) in [6, 6.07) is -0.642. The summed E-state index contributed by atoms with van der Waals surface area (Å²) < 4.78 is 12.6. The lowest BCUT2D eigenvalue weighted by Gasteiger charge is -2.18. The van der Waals surface area contributed by atoms with Gasteiger partial charge < -0.3 is 5.73 Å². The SMILES string of the molecule is NC(=O)[C@@H]1C[C@H](F)CN1CC(=O)Br. The Kier molecular flexibility index (Phi) is 3.38. The number of likely N-dealkylation sites (tertiary alicyclic amines) is 1. The third kappa shape index (κ3) is 2.73. The molecule has 1 amide bonds. The van der Waals surface area contributed by atoms with Crippen LogP contribution in [-0.4, -0.2) is 40.8 Å². The maximum absolute atomic E-state index is 12.9. The van der Waals surface area contributed by atoms with E-state index in [2.05, 4.69) is 15.9 Å². The number of carbonyl (C=O) groups is 2. The number of rotatable bonds is 3. The lowest BCUT2D eigenvalue weighted by Crippen LogP contribution is -2.41. The van der Waals surface area contributed by atoms with Crippen LogP contribution < -0.4 is 5.73 Å². The number of amides is 1. The molecular weight excluding hydrogens is 243 g/mol. The van der Waals surface area contributed by atoms with Crippen molar-refractivity contribution in [2.45, 2.75) is 18.6 Å². The highest BCUT2D eigenvalue weighted by molar-refractivity contribution is 9.18. The zero-order chi connectivity index (χ0) is 10.0. The predicted octanol–water partition coefficient (Wildman–Crippen LogP) is -0.194. The Morgan fingerprint density at radius 2 is 2.23 bits per heavy atom. The number of hydrogen-bond donors (Lipinski definition) is 1. The summed E-state index contributed by atoms with van der Waals surface area (Å²) in [6.45, 7) is 0.124. The molecule has 0 aromatic rings. The maximum atomic E-state index is 12.9. The average molecular weight is 253 g/mol. The highest BCUT2D eigenvalue weighted by Gasteiger charge is 2.36. The van der Waals surface area contributed by atoms with Crippen molar-refractivity contribution in [2.75, 3.05) is 13.1 Å². The van der Waals surface area contributed by atoms with E-state index in [-0.39, 0.29) is 24.2 Å². The van der Waals surface area contributed by atoms with Crippen molar-refractivity contribution in [1.82, 2.24) is 4.90 Å². The highest BCUT2D eigenvalue weighted by Crippen LogP contribution is 2.20. The summed E-state index contributed by atoms with van der Waals surface area (Å²) in [7, 11) is 0. The molecule has 1 saturated heterocycles. The molecule has 13 heavy (non-hydrogen) atoms. The largest absolute Gasteiger partial charge is 0.368 e. The number of nitrogens with zero attached hydrogens (tertiary/aromatic N) is 1. The molecule has 1 heterocycles. The molecule has 0 aromatic carbocycles. The van der Waals surface area contributed by atoms with Gasteiger partial charge in [-0.2, -0.15) is 0 Å². The van der Waals surface area contributed by atoms with Gasteiger partial charge in [-0.3, -0.25) is 14.5 Å². The van der Waals surface area contributed by atoms with Crippen LogP contribution in [0.15, 0.2) is 0 Å². The van der Waals surface area contributed by atoms with Crippen LogP contribution in [0.3, 0.4) is 0 Å². The van der Waals surface area contributed by atoms with Gasteiger partial charge in [0.15, 0.2) is 0 Å². The Balaban J connectivity index is 2.60. The Labute approximate surface area is 83.4 Å². The highest BCUT2D eigenvalue weighted by atomic mass is 79.9. The molecule has 1 rings (SSSR count). The van der Waals surface area contributed by atoms with Gasteiger partial charge in [-0.25, -0.2) is 4.39 Å². The van der Waals surface area contributed by atoms with Crippen molar-refractivity contribution in [1.29, 1.82) is 0 Å². The second-order valence-corrected chi connectivity index (χ2v) is 3.92. The van der Waals surface area contributed by atoms with E-state index in [0.717, 1.165) is 0 Å². The molecule has 0 bridgehead atoms. The fourth-order valence-corrected chi connectivity index (χ4v) is 1.80. The fraction of sp³-hybridized carbons (Fsp3) is 0.714. The molecule has 1 aliphatic rings. The van der Waals surface area contributed by atoms with Crippen LogP contribution in [0.25, 0.3) is 0 Å². The first-order chi connectivity index (χ1) is 6.00. The molecular formula is C7H10BrFN2O2. The van der Waals surface area contributed by atoms with E-state index in [1.165, 1.54) is 4.90 Å². The minimum atomic E-state index is -1.07. The van der Waals surface area contributed by atoms with Gasteiger partial charge in [-0.15, -0.1) is 0 Å². The summed E-state index contributed by atoms with van der Waals surface area (Å²) in [6.07, 6.45) is -0.973. The van der Waals surface area contributed by atoms with Gasteiger partial charge in [0.05, 0.1) is 12.6 Å². The van der Waals surface area contributed by atoms with Crippen LogP contribution in [0.4, 0.5) is 4.39 Å². The van der Waals surface area contributed by atoms with Crippen LogP contribution in [0.5, 0.6) is 0 Å². The van der Waals surface area contributed by atoms with Gasteiger partial charge in [0.2, 0.25) is 10.6 Å². The van der Waals surface area contributed by atoms with E-state index in [4.69, 9.17) is 5.73 Å². The first kappa shape index (κ1) is 10.6. The van der Waals surface area contributed by atoms with Crippen molar-refractivity contribution in [3.05, 3.63) is 0 Å². The monoisotopic (exact) mass is 252 g/mol. The summed E-state index contributed by atoms with van der Waals surface area (Å²) in [4.78, 5) is 22.9. The van der Waals surface area contributed by atoms with Crippen LogP contribution in [0.1, 0.15) is 6.42 Å². The van der Waals surface area contributed by atoms with E-state index in [0.29, 0.717) is 0 Å². The molecule has 74 valence electrons. The van der Waals surface area contributed by atoms with Gasteiger partial charge in [0.1, 0.15) is 6.17 Å². The van der Waals surface area contributed by atoms with Crippen LogP contribution in [0.2, 0.25) is 0 Å². The molecule has 2 N–H and O–H groups in total. The zero-order valence-electron chi connectivity index (χ0n) is 6.87. The van der Waals surface area contributed by atoms with Crippen LogP contribution in [0, 0.1) is 0 Å². The second kappa shape index (κ2) is 4.15. The van der Waals surface area contributed by atoms with Crippen molar-refractivity contribution in [2.24, 2.45) is 5.73 Å². The molecule has 0 aliphatic carbocycles. The number of hydrogen-bond acceptors (Lipinski definition) is 3. The van der Waals surface area contributed by atoms with Gasteiger partial charge in [0, 0.05) is 13.0 Å². The normalized spacial score (nSPS) is 29.1. The van der Waals surface area contributed by atoms with Crippen molar-refractivity contribution < 1.29 is 14.0 Å². The Morgan fingerprint density at radius 1 is 1.62 bits per heavy atom. The van der Waals surface area contributed by atoms with E-state index in [1.54, 1.807) is 0 Å². The standard InChI is InChI=1S/C7H10BrFN2O2/c8-6(12)3-11-2-4(9)1-5(11)7(10)13/h4-5H,1-3H2,(H2,10,13)/t4-,5-/m0/s1. The topological polar surface area (TPSA) is 63.4 Å². The number of halogens is 2. The van der Waals surface area contributed by atoms with E-state index < -0.39 is 18.1 Å². The van der Waals surface area contributed by atoms with Gasteiger partial charge in [-0.05, 0) is 15.9 Å². The maximum Gasteiger partial charge on any atom is 0.234 e. The number of alkyl halides is 1. The molecule has 0 spiro atoms. The van der Waals surface area contributed by atoms with Crippen molar-refractivity contribution >= 4 is 26.5 Å². The number of primary amides is 1. The molecule has 6 heteroatoms. The average Bonchev–Trinajstić information content (AvgIpc) is 2.29. The van der Waals surface area contributed by atoms with Crippen molar-refractivity contribution in [3.8, 4) is 0 Å². The number of carbonyl (C=O) groups excluding carboxylic acids is 2. The van der Waals surface area contributed by atoms with E-state index >= 15 is 0 Å². The molecule has 2 atom stereocenters. The lowest BCUT2D eigenvalue weighted by molar-refractivity contribution is -0.122. The molecule has 4 nitrogen and oxygen atoms in total. The van der Waals surface area contributed by atoms with Crippen LogP contribution in [-0.2, 0) is 9.59 Å². The smallest absolute Gasteiger partial charge is 0.234 e. The summed E-state index contributed by atoms with van der Waals surface area (Å²) in [5.41, 5.74) is 5.05. The third-order valence-electron chi connectivity index (χ3n) is 2.01. The molecule has 1 aliphatic heterocycles. The Bertz CT molecular complexity index is 237. The third-order valence-corrected chi connectivity index (χ3v) is 2.26. The summed E-state index contributed by atoms with van der Waals surface area (Å²) >= 11 is 2.73. The fourth-order valence-electron chi connectivity index (χ4n) is 1.48. The molecule has 0 saturated carbocycles. The Morgan fingerprint density at radius 3 is 2.69 bits per heavy atom. The van der Waals surface area contributed by atoms with Crippen molar-refractivity contribution in [3.63, 3.8) is 0 Å².